The molecule has 0 amide bonds. The fraction of sp³-hybridized carbons (Fsp3) is 0.412. The van der Waals surface area contributed by atoms with E-state index in [2.05, 4.69) is 56.5 Å². The lowest BCUT2D eigenvalue weighted by Crippen LogP contribution is -2.38. The highest BCUT2D eigenvalue weighted by molar-refractivity contribution is 7.11. The average molecular weight is 288 g/mol. The second kappa shape index (κ2) is 7.02. The quantitative estimate of drug-likeness (QED) is 0.630. The molecule has 1 aromatic carbocycles. The summed E-state index contributed by atoms with van der Waals surface area (Å²) in [7, 11) is 0. The molecular formula is C17H24N2S. The van der Waals surface area contributed by atoms with Crippen LogP contribution in [0.3, 0.4) is 0 Å². The van der Waals surface area contributed by atoms with E-state index < -0.39 is 0 Å². The Morgan fingerprint density at radius 3 is 2.50 bits per heavy atom. The molecule has 0 aliphatic rings. The van der Waals surface area contributed by atoms with Crippen molar-refractivity contribution in [2.24, 2.45) is 5.84 Å². The maximum atomic E-state index is 5.75. The van der Waals surface area contributed by atoms with E-state index in [1.54, 1.807) is 0 Å². The number of hydrogen-bond acceptors (Lipinski definition) is 3. The van der Waals surface area contributed by atoms with Crippen molar-refractivity contribution in [2.45, 2.75) is 46.1 Å². The Kier molecular flexibility index (Phi) is 5.35. The predicted molar refractivity (Wildman–Crippen MR) is 88.1 cm³/mol. The van der Waals surface area contributed by atoms with Crippen molar-refractivity contribution >= 4 is 11.3 Å². The Bertz CT molecular complexity index is 560. The topological polar surface area (TPSA) is 38.0 Å². The predicted octanol–water partition coefficient (Wildman–Crippen LogP) is 3.54. The number of rotatable bonds is 6. The second-order valence-corrected chi connectivity index (χ2v) is 6.68. The molecule has 108 valence electrons. The lowest BCUT2D eigenvalue weighted by Gasteiger charge is -2.17. The van der Waals surface area contributed by atoms with Crippen LogP contribution in [0.2, 0.25) is 0 Å². The average Bonchev–Trinajstić information content (AvgIpc) is 2.89. The Labute approximate surface area is 126 Å². The third-order valence-electron chi connectivity index (χ3n) is 3.72. The molecule has 0 saturated carbocycles. The van der Waals surface area contributed by atoms with Crippen LogP contribution < -0.4 is 11.3 Å². The molecule has 0 aliphatic heterocycles. The van der Waals surface area contributed by atoms with Crippen LogP contribution in [0.4, 0.5) is 0 Å². The highest BCUT2D eigenvalue weighted by Gasteiger charge is 2.12. The van der Waals surface area contributed by atoms with Crippen LogP contribution in [0.25, 0.3) is 0 Å². The Morgan fingerprint density at radius 1 is 1.10 bits per heavy atom. The number of nitrogens with one attached hydrogen (secondary N) is 1. The van der Waals surface area contributed by atoms with Crippen LogP contribution in [0.5, 0.6) is 0 Å². The zero-order chi connectivity index (χ0) is 14.5. The van der Waals surface area contributed by atoms with Crippen LogP contribution in [0.1, 0.15) is 33.4 Å². The molecule has 0 bridgehead atoms. The van der Waals surface area contributed by atoms with Gasteiger partial charge in [-0.1, -0.05) is 30.7 Å². The number of thiophene rings is 1. The zero-order valence-electron chi connectivity index (χ0n) is 12.6. The van der Waals surface area contributed by atoms with Gasteiger partial charge in [-0.3, -0.25) is 11.3 Å². The molecular weight excluding hydrogens is 264 g/mol. The van der Waals surface area contributed by atoms with Gasteiger partial charge in [-0.2, -0.15) is 0 Å². The third-order valence-corrected chi connectivity index (χ3v) is 4.97. The molecule has 3 N–H and O–H groups in total. The summed E-state index contributed by atoms with van der Waals surface area (Å²) in [6.07, 6.45) is 3.08. The first-order valence-corrected chi connectivity index (χ1v) is 8.04. The minimum atomic E-state index is 0.291. The van der Waals surface area contributed by atoms with Gasteiger partial charge in [0.25, 0.3) is 0 Å². The van der Waals surface area contributed by atoms with Crippen molar-refractivity contribution in [3.05, 3.63) is 56.8 Å². The van der Waals surface area contributed by atoms with E-state index >= 15 is 0 Å². The summed E-state index contributed by atoms with van der Waals surface area (Å²) >= 11 is 1.90. The molecule has 0 fully saturated rings. The summed E-state index contributed by atoms with van der Waals surface area (Å²) in [6, 6.07) is 11.4. The molecule has 0 spiro atoms. The molecule has 2 aromatic rings. The molecule has 1 unspecified atom stereocenters. The van der Waals surface area contributed by atoms with E-state index in [1.165, 1.54) is 26.4 Å². The van der Waals surface area contributed by atoms with Crippen molar-refractivity contribution in [3.63, 3.8) is 0 Å². The zero-order valence-corrected chi connectivity index (χ0v) is 13.4. The van der Waals surface area contributed by atoms with Crippen molar-refractivity contribution in [1.82, 2.24) is 5.43 Å². The summed E-state index contributed by atoms with van der Waals surface area (Å²) in [5.74, 6) is 5.75. The lowest BCUT2D eigenvalue weighted by molar-refractivity contribution is 0.524. The Morgan fingerprint density at radius 2 is 1.85 bits per heavy atom. The van der Waals surface area contributed by atoms with E-state index in [-0.39, 0.29) is 0 Å². The molecule has 0 saturated heterocycles. The summed E-state index contributed by atoms with van der Waals surface area (Å²) in [6.45, 7) is 6.51. The SMILES string of the molecule is CCc1ccc(CC(Cc2cc(C)ccc2C)NN)s1. The Balaban J connectivity index is 2.06. The number of hydrogen-bond donors (Lipinski definition) is 2. The largest absolute Gasteiger partial charge is 0.271 e. The van der Waals surface area contributed by atoms with Gasteiger partial charge in [0.05, 0.1) is 0 Å². The van der Waals surface area contributed by atoms with Crippen LogP contribution in [0.15, 0.2) is 30.3 Å². The normalized spacial score (nSPS) is 12.6. The van der Waals surface area contributed by atoms with Crippen molar-refractivity contribution in [2.75, 3.05) is 0 Å². The Hall–Kier alpha value is -1.16. The maximum Gasteiger partial charge on any atom is 0.0299 e. The monoisotopic (exact) mass is 288 g/mol. The van der Waals surface area contributed by atoms with Gasteiger partial charge in [-0.15, -0.1) is 11.3 Å². The standard InChI is InChI=1S/C17H24N2S/c1-4-16-7-8-17(20-16)11-15(19-18)10-14-9-12(2)5-6-13(14)3/h5-9,15,19H,4,10-11,18H2,1-3H3. The number of hydrazine groups is 1. The second-order valence-electron chi connectivity index (χ2n) is 5.42. The van der Waals surface area contributed by atoms with Gasteiger partial charge in [0.1, 0.15) is 0 Å². The van der Waals surface area contributed by atoms with Crippen LogP contribution in [-0.4, -0.2) is 6.04 Å². The van der Waals surface area contributed by atoms with Crippen molar-refractivity contribution in [1.29, 1.82) is 0 Å². The minimum absolute atomic E-state index is 0.291. The van der Waals surface area contributed by atoms with E-state index in [0.717, 1.165) is 19.3 Å². The number of nitrogens with two attached hydrogens (primary N) is 1. The first-order valence-electron chi connectivity index (χ1n) is 7.22. The maximum absolute atomic E-state index is 5.75. The molecule has 1 heterocycles. The minimum Gasteiger partial charge on any atom is -0.271 e. The first kappa shape index (κ1) is 15.2. The molecule has 20 heavy (non-hydrogen) atoms. The number of benzene rings is 1. The van der Waals surface area contributed by atoms with Gasteiger partial charge in [-0.25, -0.2) is 0 Å². The molecule has 1 atom stereocenters. The lowest BCUT2D eigenvalue weighted by atomic mass is 9.97. The molecule has 2 nitrogen and oxygen atoms in total. The van der Waals surface area contributed by atoms with Crippen LogP contribution in [-0.2, 0) is 19.3 Å². The molecule has 1 aromatic heterocycles. The fourth-order valence-corrected chi connectivity index (χ4v) is 3.48. The highest BCUT2D eigenvalue weighted by atomic mass is 32.1. The van der Waals surface area contributed by atoms with Gasteiger partial charge < -0.3 is 0 Å². The molecule has 2 rings (SSSR count). The molecule has 0 radical (unpaired) electrons. The van der Waals surface area contributed by atoms with Gasteiger partial charge in [0.15, 0.2) is 0 Å². The summed E-state index contributed by atoms with van der Waals surface area (Å²) in [5.41, 5.74) is 7.02. The van der Waals surface area contributed by atoms with Gasteiger partial charge >= 0.3 is 0 Å². The van der Waals surface area contributed by atoms with Gasteiger partial charge in [0.2, 0.25) is 0 Å². The van der Waals surface area contributed by atoms with Crippen LogP contribution >= 0.6 is 11.3 Å². The van der Waals surface area contributed by atoms with Crippen LogP contribution in [0, 0.1) is 13.8 Å². The fourth-order valence-electron chi connectivity index (χ4n) is 2.44. The van der Waals surface area contributed by atoms with E-state index in [1.807, 2.05) is 11.3 Å². The van der Waals surface area contributed by atoms with Crippen molar-refractivity contribution < 1.29 is 0 Å². The third kappa shape index (κ3) is 3.92. The van der Waals surface area contributed by atoms with Gasteiger partial charge in [-0.05, 0) is 56.4 Å². The molecule has 0 aliphatic carbocycles. The summed E-state index contributed by atoms with van der Waals surface area (Å²) < 4.78 is 0. The number of aryl methyl sites for hydroxylation is 3. The molecule has 3 heteroatoms. The van der Waals surface area contributed by atoms with E-state index in [0.29, 0.717) is 6.04 Å². The first-order chi connectivity index (χ1) is 9.62. The summed E-state index contributed by atoms with van der Waals surface area (Å²) in [5, 5.41) is 0. The summed E-state index contributed by atoms with van der Waals surface area (Å²) in [4.78, 5) is 2.86. The van der Waals surface area contributed by atoms with E-state index in [9.17, 15) is 0 Å². The van der Waals surface area contributed by atoms with E-state index in [4.69, 9.17) is 5.84 Å². The van der Waals surface area contributed by atoms with Crippen molar-refractivity contribution in [3.8, 4) is 0 Å². The smallest absolute Gasteiger partial charge is 0.0299 e. The highest BCUT2D eigenvalue weighted by Crippen LogP contribution is 2.20. The van der Waals surface area contributed by atoms with Gasteiger partial charge in [0, 0.05) is 15.8 Å².